The number of pyridine rings is 1. The summed E-state index contributed by atoms with van der Waals surface area (Å²) < 4.78 is 15.7. The van der Waals surface area contributed by atoms with Gasteiger partial charge in [-0.15, -0.1) is 0 Å². The van der Waals surface area contributed by atoms with E-state index in [1.165, 1.54) is 17.7 Å². The fourth-order valence-electron chi connectivity index (χ4n) is 3.85. The van der Waals surface area contributed by atoms with Crippen molar-refractivity contribution in [2.75, 3.05) is 13.2 Å². The highest BCUT2D eigenvalue weighted by molar-refractivity contribution is 5.84. The smallest absolute Gasteiger partial charge is 0.223 e. The molecule has 0 fully saturated rings. The van der Waals surface area contributed by atoms with Gasteiger partial charge in [-0.1, -0.05) is 12.1 Å². The first-order valence-corrected chi connectivity index (χ1v) is 9.25. The third-order valence-electron chi connectivity index (χ3n) is 5.15. The molecule has 0 saturated carbocycles. The maximum Gasteiger partial charge on any atom is 0.223 e. The van der Waals surface area contributed by atoms with E-state index in [4.69, 9.17) is 5.11 Å². The van der Waals surface area contributed by atoms with E-state index < -0.39 is 0 Å². The standard InChI is InChI=1S/C21H22FN3O2/c22-16-5-1-4-15(12-16)13-25-19-14-24(20(27)7-3-11-26)10-8-17(19)18-6-2-9-23-21(18)25/h1-2,4-6,9,12,26H,3,7-8,10-11,13-14H2. The molecule has 0 spiro atoms. The van der Waals surface area contributed by atoms with Crippen LogP contribution in [0.4, 0.5) is 4.39 Å². The molecule has 1 aliphatic heterocycles. The first-order chi connectivity index (χ1) is 13.2. The zero-order valence-corrected chi connectivity index (χ0v) is 15.1. The van der Waals surface area contributed by atoms with E-state index in [-0.39, 0.29) is 18.3 Å². The number of aliphatic hydroxyl groups is 1. The summed E-state index contributed by atoms with van der Waals surface area (Å²) in [5, 5.41) is 10.1. The second kappa shape index (κ2) is 7.48. The number of halogens is 1. The van der Waals surface area contributed by atoms with Crippen molar-refractivity contribution in [3.05, 3.63) is 65.2 Å². The molecule has 3 aromatic rings. The van der Waals surface area contributed by atoms with Gasteiger partial charge in [0.15, 0.2) is 0 Å². The van der Waals surface area contributed by atoms with Gasteiger partial charge < -0.3 is 14.6 Å². The van der Waals surface area contributed by atoms with Gasteiger partial charge in [-0.25, -0.2) is 9.37 Å². The number of hydrogen-bond acceptors (Lipinski definition) is 3. The lowest BCUT2D eigenvalue weighted by atomic mass is 10.0. The molecule has 3 heterocycles. The van der Waals surface area contributed by atoms with Crippen LogP contribution < -0.4 is 0 Å². The molecule has 1 aromatic carbocycles. The zero-order valence-electron chi connectivity index (χ0n) is 15.1. The van der Waals surface area contributed by atoms with E-state index in [0.29, 0.717) is 32.5 Å². The number of rotatable bonds is 5. The van der Waals surface area contributed by atoms with Gasteiger partial charge in [0.1, 0.15) is 11.5 Å². The molecule has 0 bridgehead atoms. The lowest BCUT2D eigenvalue weighted by Crippen LogP contribution is -2.36. The number of nitrogens with zero attached hydrogens (tertiary/aromatic N) is 3. The van der Waals surface area contributed by atoms with Crippen LogP contribution in [0, 0.1) is 5.82 Å². The van der Waals surface area contributed by atoms with E-state index >= 15 is 0 Å². The molecule has 0 aliphatic carbocycles. The van der Waals surface area contributed by atoms with E-state index in [9.17, 15) is 9.18 Å². The molecular weight excluding hydrogens is 345 g/mol. The number of benzene rings is 1. The lowest BCUT2D eigenvalue weighted by Gasteiger charge is -2.28. The van der Waals surface area contributed by atoms with Crippen LogP contribution in [0.3, 0.4) is 0 Å². The molecule has 1 amide bonds. The Hall–Kier alpha value is -2.73. The maximum atomic E-state index is 13.6. The molecule has 0 radical (unpaired) electrons. The summed E-state index contributed by atoms with van der Waals surface area (Å²) in [6, 6.07) is 10.6. The summed E-state index contributed by atoms with van der Waals surface area (Å²) in [4.78, 5) is 18.8. The van der Waals surface area contributed by atoms with Crippen LogP contribution in [-0.2, 0) is 24.3 Å². The Bertz CT molecular complexity index is 983. The Morgan fingerprint density at radius 1 is 1.26 bits per heavy atom. The third kappa shape index (κ3) is 3.45. The Morgan fingerprint density at radius 3 is 2.96 bits per heavy atom. The average molecular weight is 367 g/mol. The van der Waals surface area contributed by atoms with E-state index in [0.717, 1.165) is 28.7 Å². The molecule has 27 heavy (non-hydrogen) atoms. The Kier molecular flexibility index (Phi) is 4.90. The van der Waals surface area contributed by atoms with Gasteiger partial charge >= 0.3 is 0 Å². The van der Waals surface area contributed by atoms with E-state index in [1.807, 2.05) is 17.0 Å². The quantitative estimate of drug-likeness (QED) is 0.754. The van der Waals surface area contributed by atoms with Crippen LogP contribution in [0.25, 0.3) is 11.0 Å². The maximum absolute atomic E-state index is 13.6. The summed E-state index contributed by atoms with van der Waals surface area (Å²) in [6.45, 7) is 1.73. The molecular formula is C21H22FN3O2. The van der Waals surface area contributed by atoms with Crippen molar-refractivity contribution < 1.29 is 14.3 Å². The van der Waals surface area contributed by atoms with Gasteiger partial charge in [-0.05, 0) is 48.2 Å². The second-order valence-electron chi connectivity index (χ2n) is 6.91. The minimum absolute atomic E-state index is 0.0224. The Morgan fingerprint density at radius 2 is 2.15 bits per heavy atom. The summed E-state index contributed by atoms with van der Waals surface area (Å²) >= 11 is 0. The predicted octanol–water partition coefficient (Wildman–Crippen LogP) is 2.88. The van der Waals surface area contributed by atoms with Crippen LogP contribution in [0.15, 0.2) is 42.6 Å². The zero-order chi connectivity index (χ0) is 18.8. The lowest BCUT2D eigenvalue weighted by molar-refractivity contribution is -0.132. The highest BCUT2D eigenvalue weighted by Crippen LogP contribution is 2.30. The minimum Gasteiger partial charge on any atom is -0.396 e. The molecule has 140 valence electrons. The predicted molar refractivity (Wildman–Crippen MR) is 101 cm³/mol. The molecule has 6 heteroatoms. The number of hydrogen-bond donors (Lipinski definition) is 1. The fourth-order valence-corrected chi connectivity index (χ4v) is 3.85. The topological polar surface area (TPSA) is 58.4 Å². The summed E-state index contributed by atoms with van der Waals surface area (Å²) in [5.74, 6) is -0.197. The van der Waals surface area contributed by atoms with E-state index in [2.05, 4.69) is 15.6 Å². The highest BCUT2D eigenvalue weighted by Gasteiger charge is 2.26. The third-order valence-corrected chi connectivity index (χ3v) is 5.15. The van der Waals surface area contributed by atoms with Crippen LogP contribution in [-0.4, -0.2) is 38.6 Å². The normalized spacial score (nSPS) is 13.8. The Labute approximate surface area is 157 Å². The molecule has 0 atom stereocenters. The van der Waals surface area contributed by atoms with Crippen molar-refractivity contribution in [3.8, 4) is 0 Å². The molecule has 0 saturated heterocycles. The van der Waals surface area contributed by atoms with Crippen molar-refractivity contribution in [1.82, 2.24) is 14.5 Å². The second-order valence-corrected chi connectivity index (χ2v) is 6.91. The van der Waals surface area contributed by atoms with Gasteiger partial charge in [0.2, 0.25) is 5.91 Å². The number of carbonyl (C=O) groups excluding carboxylic acids is 1. The molecule has 1 aliphatic rings. The number of carbonyl (C=O) groups is 1. The minimum atomic E-state index is -0.258. The molecule has 1 N–H and O–H groups in total. The van der Waals surface area contributed by atoms with Crippen molar-refractivity contribution in [2.45, 2.75) is 32.4 Å². The number of amides is 1. The average Bonchev–Trinajstić information content (AvgIpc) is 2.99. The molecule has 5 nitrogen and oxygen atoms in total. The van der Waals surface area contributed by atoms with Crippen molar-refractivity contribution >= 4 is 16.9 Å². The fraction of sp³-hybridized carbons (Fsp3) is 0.333. The van der Waals surface area contributed by atoms with Gasteiger partial charge in [-0.3, -0.25) is 4.79 Å². The van der Waals surface area contributed by atoms with Gasteiger partial charge in [0.05, 0.1) is 6.54 Å². The number of aromatic nitrogens is 2. The highest BCUT2D eigenvalue weighted by atomic mass is 19.1. The van der Waals surface area contributed by atoms with Crippen molar-refractivity contribution in [1.29, 1.82) is 0 Å². The van der Waals surface area contributed by atoms with Gasteiger partial charge in [0.25, 0.3) is 0 Å². The van der Waals surface area contributed by atoms with Gasteiger partial charge in [-0.2, -0.15) is 0 Å². The van der Waals surface area contributed by atoms with Crippen LogP contribution in [0.5, 0.6) is 0 Å². The SMILES string of the molecule is O=C(CCCO)N1CCc2c(n(Cc3cccc(F)c3)c3ncccc23)C1. The van der Waals surface area contributed by atoms with E-state index in [1.54, 1.807) is 12.3 Å². The molecule has 2 aromatic heterocycles. The van der Waals surface area contributed by atoms with Crippen LogP contribution in [0.2, 0.25) is 0 Å². The Balaban J connectivity index is 1.72. The number of fused-ring (bicyclic) bond motifs is 3. The molecule has 0 unspecified atom stereocenters. The molecule has 4 rings (SSSR count). The summed E-state index contributed by atoms with van der Waals surface area (Å²) in [7, 11) is 0. The number of aliphatic hydroxyl groups excluding tert-OH is 1. The first kappa shape index (κ1) is 17.7. The van der Waals surface area contributed by atoms with Gasteiger partial charge in [0, 0.05) is 43.4 Å². The van der Waals surface area contributed by atoms with Crippen LogP contribution >= 0.6 is 0 Å². The first-order valence-electron chi connectivity index (χ1n) is 9.25. The van der Waals surface area contributed by atoms with Crippen molar-refractivity contribution in [3.63, 3.8) is 0 Å². The summed E-state index contributed by atoms with van der Waals surface area (Å²) in [5.41, 5.74) is 4.03. The largest absolute Gasteiger partial charge is 0.396 e. The van der Waals surface area contributed by atoms with Crippen LogP contribution in [0.1, 0.15) is 29.7 Å². The monoisotopic (exact) mass is 367 g/mol. The summed E-state index contributed by atoms with van der Waals surface area (Å²) in [6.07, 6.45) is 3.38. The van der Waals surface area contributed by atoms with Crippen molar-refractivity contribution in [2.24, 2.45) is 0 Å².